The summed E-state index contributed by atoms with van der Waals surface area (Å²) in [7, 11) is 3.68. The van der Waals surface area contributed by atoms with Crippen LogP contribution in [-0.4, -0.2) is 46.5 Å². The van der Waals surface area contributed by atoms with Crippen molar-refractivity contribution in [3.05, 3.63) is 71.6 Å². The summed E-state index contributed by atoms with van der Waals surface area (Å²) < 4.78 is 13.7. The molecule has 0 radical (unpaired) electrons. The van der Waals surface area contributed by atoms with Gasteiger partial charge < -0.3 is 15.2 Å². The van der Waals surface area contributed by atoms with Gasteiger partial charge in [-0.2, -0.15) is 0 Å². The Kier molecular flexibility index (Phi) is 5.62. The van der Waals surface area contributed by atoms with Crippen LogP contribution in [0.3, 0.4) is 0 Å². The van der Waals surface area contributed by atoms with Crippen LogP contribution in [0.1, 0.15) is 21.6 Å². The van der Waals surface area contributed by atoms with Crippen LogP contribution in [0, 0.1) is 12.7 Å². The number of H-pyrrole nitrogens is 1. The summed E-state index contributed by atoms with van der Waals surface area (Å²) in [5.41, 5.74) is 4.47. The number of rotatable bonds is 6. The number of carbonyl (C=O) groups is 1. The second-order valence-corrected chi connectivity index (χ2v) is 7.49. The lowest BCUT2D eigenvalue weighted by Crippen LogP contribution is -2.27. The molecule has 0 aliphatic rings. The molecule has 8 heteroatoms. The summed E-state index contributed by atoms with van der Waals surface area (Å²) in [6.07, 6.45) is 5.44. The molecule has 4 aromatic rings. The molecular weight excluding hydrogens is 395 g/mol. The van der Waals surface area contributed by atoms with Gasteiger partial charge in [0.2, 0.25) is 5.95 Å². The number of aryl methyl sites for hydroxylation is 1. The van der Waals surface area contributed by atoms with E-state index in [0.29, 0.717) is 30.2 Å². The van der Waals surface area contributed by atoms with Crippen LogP contribution < -0.4 is 10.2 Å². The molecule has 1 amide bonds. The summed E-state index contributed by atoms with van der Waals surface area (Å²) >= 11 is 0. The first-order valence-electron chi connectivity index (χ1n) is 9.93. The van der Waals surface area contributed by atoms with E-state index in [0.717, 1.165) is 27.7 Å². The van der Waals surface area contributed by atoms with E-state index in [-0.39, 0.29) is 11.7 Å². The number of amides is 1. The fourth-order valence-corrected chi connectivity index (χ4v) is 3.55. The Morgan fingerprint density at radius 2 is 2.06 bits per heavy atom. The molecule has 0 atom stereocenters. The topological polar surface area (TPSA) is 86.8 Å². The van der Waals surface area contributed by atoms with Crippen molar-refractivity contribution in [1.29, 1.82) is 0 Å². The van der Waals surface area contributed by atoms with Crippen molar-refractivity contribution in [3.8, 4) is 11.3 Å². The monoisotopic (exact) mass is 418 g/mol. The van der Waals surface area contributed by atoms with E-state index in [2.05, 4.69) is 25.3 Å². The summed E-state index contributed by atoms with van der Waals surface area (Å²) in [5.74, 6) is -0.0456. The van der Waals surface area contributed by atoms with Gasteiger partial charge in [-0.15, -0.1) is 0 Å². The predicted molar refractivity (Wildman–Crippen MR) is 119 cm³/mol. The molecule has 3 heterocycles. The normalized spacial score (nSPS) is 11.0. The van der Waals surface area contributed by atoms with Gasteiger partial charge in [0.25, 0.3) is 5.91 Å². The van der Waals surface area contributed by atoms with Crippen LogP contribution in [0.2, 0.25) is 0 Å². The number of hydrogen-bond acceptors (Lipinski definition) is 5. The van der Waals surface area contributed by atoms with Gasteiger partial charge in [0.15, 0.2) is 0 Å². The highest BCUT2D eigenvalue weighted by molar-refractivity contribution is 5.99. The van der Waals surface area contributed by atoms with E-state index in [9.17, 15) is 9.18 Å². The molecule has 0 unspecified atom stereocenters. The third-order valence-corrected chi connectivity index (χ3v) is 5.10. The fourth-order valence-electron chi connectivity index (χ4n) is 3.55. The first kappa shape index (κ1) is 20.5. The average Bonchev–Trinajstić information content (AvgIpc) is 3.08. The largest absolute Gasteiger partial charge is 0.358 e. The van der Waals surface area contributed by atoms with Crippen molar-refractivity contribution in [2.45, 2.75) is 13.3 Å². The molecule has 2 N–H and O–H groups in total. The van der Waals surface area contributed by atoms with Crippen molar-refractivity contribution in [3.63, 3.8) is 0 Å². The lowest BCUT2D eigenvalue weighted by Gasteiger charge is -2.14. The van der Waals surface area contributed by atoms with Crippen molar-refractivity contribution in [2.24, 2.45) is 0 Å². The third kappa shape index (κ3) is 4.23. The van der Waals surface area contributed by atoms with Gasteiger partial charge >= 0.3 is 0 Å². The van der Waals surface area contributed by atoms with Crippen LogP contribution >= 0.6 is 0 Å². The van der Waals surface area contributed by atoms with E-state index in [1.165, 1.54) is 18.3 Å². The molecule has 0 saturated heterocycles. The summed E-state index contributed by atoms with van der Waals surface area (Å²) in [6.45, 7) is 2.34. The van der Waals surface area contributed by atoms with Gasteiger partial charge in [-0.25, -0.2) is 14.4 Å². The van der Waals surface area contributed by atoms with Gasteiger partial charge in [-0.3, -0.25) is 9.78 Å². The molecule has 4 rings (SSSR count). The number of pyridine rings is 1. The van der Waals surface area contributed by atoms with Crippen LogP contribution in [-0.2, 0) is 6.42 Å². The molecule has 1 aromatic carbocycles. The van der Waals surface area contributed by atoms with Gasteiger partial charge in [-0.05, 0) is 49.2 Å². The number of anilines is 1. The smallest absolute Gasteiger partial charge is 0.255 e. The molecular formula is C23H23FN6O. The second kappa shape index (κ2) is 8.51. The Balaban J connectivity index is 1.56. The number of halogens is 1. The number of nitrogens with zero attached hydrogens (tertiary/aromatic N) is 4. The predicted octanol–water partition coefficient (Wildman–Crippen LogP) is 3.51. The van der Waals surface area contributed by atoms with Crippen molar-refractivity contribution in [1.82, 2.24) is 25.3 Å². The number of fused-ring (bicyclic) bond motifs is 1. The molecule has 158 valence electrons. The Bertz CT molecular complexity index is 1240. The van der Waals surface area contributed by atoms with E-state index >= 15 is 0 Å². The number of hydrogen-bond donors (Lipinski definition) is 2. The van der Waals surface area contributed by atoms with E-state index < -0.39 is 0 Å². The van der Waals surface area contributed by atoms with Gasteiger partial charge in [0.1, 0.15) is 5.82 Å². The molecule has 0 aliphatic carbocycles. The molecule has 0 bridgehead atoms. The Labute approximate surface area is 179 Å². The lowest BCUT2D eigenvalue weighted by molar-refractivity contribution is 0.0954. The van der Waals surface area contributed by atoms with E-state index in [1.807, 2.05) is 27.1 Å². The zero-order valence-electron chi connectivity index (χ0n) is 17.6. The van der Waals surface area contributed by atoms with E-state index in [1.54, 1.807) is 29.4 Å². The average molecular weight is 418 g/mol. The molecule has 3 aromatic heterocycles. The number of aromatic nitrogens is 4. The fraction of sp³-hybridized carbons (Fsp3) is 0.217. The number of nitrogens with one attached hydrogen (secondary N) is 2. The Hall–Kier alpha value is -3.81. The minimum atomic E-state index is -0.281. The molecule has 0 saturated carbocycles. The zero-order valence-corrected chi connectivity index (χ0v) is 17.6. The Morgan fingerprint density at radius 3 is 2.81 bits per heavy atom. The maximum absolute atomic E-state index is 13.7. The Morgan fingerprint density at radius 1 is 1.23 bits per heavy atom. The molecule has 0 aliphatic heterocycles. The number of carbonyl (C=O) groups excluding carboxylic acids is 1. The highest BCUT2D eigenvalue weighted by Crippen LogP contribution is 2.24. The van der Waals surface area contributed by atoms with Crippen molar-refractivity contribution < 1.29 is 9.18 Å². The third-order valence-electron chi connectivity index (χ3n) is 5.10. The van der Waals surface area contributed by atoms with Crippen molar-refractivity contribution >= 4 is 22.8 Å². The molecule has 0 fully saturated rings. The maximum Gasteiger partial charge on any atom is 0.255 e. The summed E-state index contributed by atoms with van der Waals surface area (Å²) in [6, 6.07) is 8.33. The molecule has 0 spiro atoms. The molecule has 31 heavy (non-hydrogen) atoms. The first-order chi connectivity index (χ1) is 14.9. The summed E-state index contributed by atoms with van der Waals surface area (Å²) in [5, 5.41) is 3.78. The standard InChI is InChI=1S/C23H23FN6O/c1-14-17(18-11-16(24)6-7-20(18)28-14)8-10-26-22(31)19-13-27-23(30(2)3)29-21(19)15-5-4-9-25-12-15/h4-7,9,11-13,28H,8,10H2,1-3H3,(H,26,31). The minimum absolute atomic E-state index is 0.271. The molecule has 7 nitrogen and oxygen atoms in total. The highest BCUT2D eigenvalue weighted by atomic mass is 19.1. The van der Waals surface area contributed by atoms with Crippen LogP contribution in [0.4, 0.5) is 10.3 Å². The quantitative estimate of drug-likeness (QED) is 0.500. The number of aromatic amines is 1. The first-order valence-corrected chi connectivity index (χ1v) is 9.93. The van der Waals surface area contributed by atoms with Gasteiger partial charge in [0, 0.05) is 61.4 Å². The SMILES string of the molecule is Cc1[nH]c2ccc(F)cc2c1CCNC(=O)c1cnc(N(C)C)nc1-c1cccnc1. The second-order valence-electron chi connectivity index (χ2n) is 7.49. The number of benzene rings is 1. The summed E-state index contributed by atoms with van der Waals surface area (Å²) in [4.78, 5) is 31.0. The van der Waals surface area contributed by atoms with Crippen LogP contribution in [0.5, 0.6) is 0 Å². The van der Waals surface area contributed by atoms with Crippen LogP contribution in [0.25, 0.3) is 22.2 Å². The zero-order chi connectivity index (χ0) is 22.0. The van der Waals surface area contributed by atoms with E-state index in [4.69, 9.17) is 0 Å². The highest BCUT2D eigenvalue weighted by Gasteiger charge is 2.17. The van der Waals surface area contributed by atoms with Crippen LogP contribution in [0.15, 0.2) is 48.9 Å². The van der Waals surface area contributed by atoms with Gasteiger partial charge in [0.05, 0.1) is 11.3 Å². The minimum Gasteiger partial charge on any atom is -0.358 e. The van der Waals surface area contributed by atoms with Gasteiger partial charge in [-0.1, -0.05) is 0 Å². The lowest BCUT2D eigenvalue weighted by atomic mass is 10.1. The van der Waals surface area contributed by atoms with Crippen molar-refractivity contribution in [2.75, 3.05) is 25.5 Å². The maximum atomic E-state index is 13.7.